The van der Waals surface area contributed by atoms with E-state index in [2.05, 4.69) is 15.3 Å². The van der Waals surface area contributed by atoms with E-state index in [9.17, 15) is 9.59 Å². The minimum Gasteiger partial charge on any atom is -0.497 e. The second-order valence-electron chi connectivity index (χ2n) is 7.18. The Morgan fingerprint density at radius 1 is 1.12 bits per heavy atom. The first-order valence-corrected chi connectivity index (χ1v) is 10.5. The van der Waals surface area contributed by atoms with Gasteiger partial charge in [-0.25, -0.2) is 9.98 Å². The minimum absolute atomic E-state index is 0.00769. The normalized spacial score (nSPS) is 13.0. The summed E-state index contributed by atoms with van der Waals surface area (Å²) in [7, 11) is 3.04. The van der Waals surface area contributed by atoms with Crippen LogP contribution in [0, 0.1) is 0 Å². The molecule has 0 saturated carbocycles. The van der Waals surface area contributed by atoms with Crippen LogP contribution in [0.25, 0.3) is 0 Å². The van der Waals surface area contributed by atoms with E-state index in [1.54, 1.807) is 48.7 Å². The number of hydrogen-bond donors (Lipinski definition) is 1. The molecular formula is C24H21ClN4O4. The van der Waals surface area contributed by atoms with Crippen LogP contribution in [0.1, 0.15) is 12.0 Å². The number of halogens is 1. The molecule has 8 nitrogen and oxygen atoms in total. The van der Waals surface area contributed by atoms with Crippen LogP contribution in [-0.4, -0.2) is 43.3 Å². The zero-order valence-electron chi connectivity index (χ0n) is 18.0. The lowest BCUT2D eigenvalue weighted by Crippen LogP contribution is -2.39. The Labute approximate surface area is 195 Å². The Hall–Kier alpha value is -3.91. The quantitative estimate of drug-likeness (QED) is 0.588. The van der Waals surface area contributed by atoms with Gasteiger partial charge < -0.3 is 14.8 Å². The number of benzene rings is 2. The Balaban J connectivity index is 1.60. The second-order valence-corrected chi connectivity index (χ2v) is 7.62. The van der Waals surface area contributed by atoms with Gasteiger partial charge in [-0.3, -0.25) is 14.5 Å². The monoisotopic (exact) mass is 464 g/mol. The van der Waals surface area contributed by atoms with E-state index in [4.69, 9.17) is 21.1 Å². The number of carbonyl (C=O) groups is 2. The van der Waals surface area contributed by atoms with Crippen molar-refractivity contribution in [3.05, 3.63) is 71.4 Å². The molecule has 1 aliphatic rings. The highest BCUT2D eigenvalue weighted by Gasteiger charge is 2.28. The van der Waals surface area contributed by atoms with Crippen LogP contribution in [0.4, 0.5) is 17.2 Å². The molecule has 2 amide bonds. The Bertz CT molecular complexity index is 1230. The summed E-state index contributed by atoms with van der Waals surface area (Å²) in [5.41, 5.74) is 2.28. The Morgan fingerprint density at radius 2 is 1.91 bits per heavy atom. The summed E-state index contributed by atoms with van der Waals surface area (Å²) < 4.78 is 10.5. The number of methoxy groups -OCH3 is 2. The lowest BCUT2D eigenvalue weighted by molar-refractivity contribution is -0.120. The highest BCUT2D eigenvalue weighted by molar-refractivity contribution is 6.30. The van der Waals surface area contributed by atoms with E-state index in [-0.39, 0.29) is 18.9 Å². The van der Waals surface area contributed by atoms with Gasteiger partial charge in [-0.05, 0) is 42.0 Å². The average molecular weight is 465 g/mol. The van der Waals surface area contributed by atoms with E-state index >= 15 is 0 Å². The van der Waals surface area contributed by atoms with Crippen molar-refractivity contribution in [3.63, 3.8) is 0 Å². The van der Waals surface area contributed by atoms with Crippen molar-refractivity contribution >= 4 is 46.3 Å². The van der Waals surface area contributed by atoms with Crippen LogP contribution in [0.15, 0.2) is 65.8 Å². The fourth-order valence-electron chi connectivity index (χ4n) is 3.44. The fourth-order valence-corrected chi connectivity index (χ4v) is 3.57. The first kappa shape index (κ1) is 22.3. The molecule has 0 spiro atoms. The van der Waals surface area contributed by atoms with Crippen LogP contribution in [0.2, 0.25) is 5.02 Å². The molecule has 1 N–H and O–H groups in total. The second kappa shape index (κ2) is 9.70. The Kier molecular flexibility index (Phi) is 6.55. The van der Waals surface area contributed by atoms with Crippen molar-refractivity contribution < 1.29 is 19.1 Å². The van der Waals surface area contributed by atoms with Crippen LogP contribution in [0.5, 0.6) is 11.5 Å². The molecule has 1 aliphatic heterocycles. The zero-order valence-corrected chi connectivity index (χ0v) is 18.8. The summed E-state index contributed by atoms with van der Waals surface area (Å²) in [6, 6.07) is 15.6. The van der Waals surface area contributed by atoms with Gasteiger partial charge >= 0.3 is 0 Å². The molecule has 2 aromatic carbocycles. The maximum Gasteiger partial charge on any atom is 0.244 e. The summed E-state index contributed by atoms with van der Waals surface area (Å²) in [4.78, 5) is 36.4. The maximum absolute atomic E-state index is 13.2. The molecule has 0 aliphatic carbocycles. The molecule has 3 aromatic rings. The third kappa shape index (κ3) is 4.96. The molecule has 9 heteroatoms. The topological polar surface area (TPSA) is 93.1 Å². The van der Waals surface area contributed by atoms with E-state index in [1.807, 2.05) is 12.1 Å². The summed E-state index contributed by atoms with van der Waals surface area (Å²) in [5, 5.41) is 3.38. The molecule has 168 valence electrons. The lowest BCUT2D eigenvalue weighted by Gasteiger charge is -2.21. The molecule has 0 saturated heterocycles. The molecule has 0 unspecified atom stereocenters. The maximum atomic E-state index is 13.2. The van der Waals surface area contributed by atoms with E-state index in [0.29, 0.717) is 39.4 Å². The standard InChI is InChI=1S/C24H21ClN4O4/c1-32-17-9-10-21(33-2)20(12-17)28-22(30)14-29-23(31)13-19(15-5-7-16(25)8-6-15)27-18-4-3-11-26-24(18)29/h3-12H,13-14H2,1-2H3,(H,28,30). The smallest absolute Gasteiger partial charge is 0.244 e. The van der Waals surface area contributed by atoms with E-state index < -0.39 is 5.91 Å². The highest BCUT2D eigenvalue weighted by atomic mass is 35.5. The molecule has 0 bridgehead atoms. The summed E-state index contributed by atoms with van der Waals surface area (Å²) in [6.07, 6.45) is 1.57. The number of carbonyl (C=O) groups excluding carboxylic acids is 2. The Morgan fingerprint density at radius 3 is 2.64 bits per heavy atom. The van der Waals surface area contributed by atoms with Gasteiger partial charge in [0, 0.05) is 17.3 Å². The third-order valence-corrected chi connectivity index (χ3v) is 5.31. The van der Waals surface area contributed by atoms with Crippen molar-refractivity contribution in [2.45, 2.75) is 6.42 Å². The van der Waals surface area contributed by atoms with Crippen molar-refractivity contribution in [2.24, 2.45) is 4.99 Å². The van der Waals surface area contributed by atoms with Gasteiger partial charge in [-0.15, -0.1) is 0 Å². The molecule has 4 rings (SSSR count). The molecule has 33 heavy (non-hydrogen) atoms. The van der Waals surface area contributed by atoms with Gasteiger partial charge in [0.25, 0.3) is 0 Å². The van der Waals surface area contributed by atoms with Crippen LogP contribution >= 0.6 is 11.6 Å². The van der Waals surface area contributed by atoms with Crippen LogP contribution < -0.4 is 19.7 Å². The number of hydrogen-bond acceptors (Lipinski definition) is 6. The van der Waals surface area contributed by atoms with E-state index in [0.717, 1.165) is 5.56 Å². The number of nitrogens with one attached hydrogen (secondary N) is 1. The number of pyridine rings is 1. The lowest BCUT2D eigenvalue weighted by atomic mass is 10.1. The highest BCUT2D eigenvalue weighted by Crippen LogP contribution is 2.32. The molecule has 2 heterocycles. The summed E-state index contributed by atoms with van der Waals surface area (Å²) in [6.45, 7) is -0.243. The molecular weight excluding hydrogens is 444 g/mol. The van der Waals surface area contributed by atoms with Gasteiger partial charge in [0.05, 0.1) is 32.0 Å². The van der Waals surface area contributed by atoms with Crippen molar-refractivity contribution in [2.75, 3.05) is 31.0 Å². The van der Waals surface area contributed by atoms with Gasteiger partial charge in [0.1, 0.15) is 23.7 Å². The zero-order chi connectivity index (χ0) is 23.4. The number of amides is 2. The molecule has 0 radical (unpaired) electrons. The average Bonchev–Trinajstić information content (AvgIpc) is 2.96. The number of fused-ring (bicyclic) bond motifs is 1. The number of rotatable bonds is 6. The SMILES string of the molecule is COc1ccc(OC)c(NC(=O)CN2C(=O)CC(c3ccc(Cl)cc3)=Nc3cccnc32)c1. The first-order chi connectivity index (χ1) is 16.0. The summed E-state index contributed by atoms with van der Waals surface area (Å²) in [5.74, 6) is 0.637. The van der Waals surface area contributed by atoms with Gasteiger partial charge in [-0.1, -0.05) is 23.7 Å². The number of aliphatic imine (C=N–C) groups is 1. The number of ether oxygens (including phenoxy) is 2. The van der Waals surface area contributed by atoms with E-state index in [1.165, 1.54) is 19.1 Å². The number of nitrogens with zero attached hydrogens (tertiary/aromatic N) is 3. The number of anilines is 2. The van der Waals surface area contributed by atoms with Gasteiger partial charge in [0.2, 0.25) is 11.8 Å². The molecule has 1 aromatic heterocycles. The number of aromatic nitrogens is 1. The largest absolute Gasteiger partial charge is 0.497 e. The molecule has 0 fully saturated rings. The minimum atomic E-state index is -0.415. The van der Waals surface area contributed by atoms with Crippen molar-refractivity contribution in [3.8, 4) is 11.5 Å². The van der Waals surface area contributed by atoms with Crippen molar-refractivity contribution in [1.82, 2.24) is 4.98 Å². The van der Waals surface area contributed by atoms with Gasteiger partial charge in [-0.2, -0.15) is 0 Å². The fraction of sp³-hybridized carbons (Fsp3) is 0.167. The predicted octanol–water partition coefficient (Wildman–Crippen LogP) is 4.25. The first-order valence-electron chi connectivity index (χ1n) is 10.1. The predicted molar refractivity (Wildman–Crippen MR) is 127 cm³/mol. The van der Waals surface area contributed by atoms with Crippen LogP contribution in [0.3, 0.4) is 0 Å². The summed E-state index contributed by atoms with van der Waals surface area (Å²) >= 11 is 5.99. The molecule has 0 atom stereocenters. The van der Waals surface area contributed by atoms with Crippen molar-refractivity contribution in [1.29, 1.82) is 0 Å². The third-order valence-electron chi connectivity index (χ3n) is 5.06. The van der Waals surface area contributed by atoms with Crippen LogP contribution in [-0.2, 0) is 9.59 Å². The van der Waals surface area contributed by atoms with Gasteiger partial charge in [0.15, 0.2) is 5.82 Å².